The maximum atomic E-state index is 13.1. The third kappa shape index (κ3) is 2.44. The Morgan fingerprint density at radius 2 is 2.24 bits per heavy atom. The van der Waals surface area contributed by atoms with E-state index in [1.54, 1.807) is 6.07 Å². The molecule has 17 heavy (non-hydrogen) atoms. The highest BCUT2D eigenvalue weighted by atomic mass is 79.9. The molecule has 1 aliphatic rings. The number of benzene rings is 1. The lowest BCUT2D eigenvalue weighted by Crippen LogP contribution is -2.56. The van der Waals surface area contributed by atoms with Gasteiger partial charge in [0.25, 0.3) is 0 Å². The Morgan fingerprint density at radius 1 is 1.59 bits per heavy atom. The number of nitrogens with zero attached hydrogens (tertiary/aromatic N) is 1. The van der Waals surface area contributed by atoms with Gasteiger partial charge >= 0.3 is 6.09 Å². The molecule has 4 N–H and O–H groups in total. The van der Waals surface area contributed by atoms with E-state index in [1.165, 1.54) is 11.0 Å². The van der Waals surface area contributed by atoms with Crippen LogP contribution in [0.5, 0.6) is 0 Å². The summed E-state index contributed by atoms with van der Waals surface area (Å²) in [6, 6.07) is 2.79. The van der Waals surface area contributed by atoms with E-state index >= 15 is 0 Å². The molecule has 1 heterocycles. The second kappa shape index (κ2) is 4.40. The Labute approximate surface area is 106 Å². The maximum absolute atomic E-state index is 13.1. The first-order valence-electron chi connectivity index (χ1n) is 4.96. The summed E-state index contributed by atoms with van der Waals surface area (Å²) in [6.45, 7) is 0.813. The van der Waals surface area contributed by atoms with Crippen LogP contribution in [0.15, 0.2) is 16.6 Å². The minimum atomic E-state index is -0.934. The summed E-state index contributed by atoms with van der Waals surface area (Å²) in [7, 11) is 0. The first-order chi connectivity index (χ1) is 7.97. The van der Waals surface area contributed by atoms with Gasteiger partial charge in [0.05, 0.1) is 21.9 Å². The number of rotatable bonds is 2. The van der Waals surface area contributed by atoms with Crippen LogP contribution < -0.4 is 11.1 Å². The molecular weight excluding hydrogens is 293 g/mol. The van der Waals surface area contributed by atoms with Crippen LogP contribution in [-0.2, 0) is 0 Å². The third-order valence-electron chi connectivity index (χ3n) is 2.60. The summed E-state index contributed by atoms with van der Waals surface area (Å²) in [6.07, 6.45) is -0.934. The van der Waals surface area contributed by atoms with Crippen molar-refractivity contribution >= 4 is 33.4 Å². The second-order valence-electron chi connectivity index (χ2n) is 3.88. The van der Waals surface area contributed by atoms with E-state index in [9.17, 15) is 9.18 Å². The molecule has 0 atom stereocenters. The summed E-state index contributed by atoms with van der Waals surface area (Å²) in [5, 5.41) is 11.7. The predicted molar refractivity (Wildman–Crippen MR) is 65.5 cm³/mol. The summed E-state index contributed by atoms with van der Waals surface area (Å²) >= 11 is 3.07. The van der Waals surface area contributed by atoms with Crippen molar-refractivity contribution in [3.8, 4) is 0 Å². The third-order valence-corrected chi connectivity index (χ3v) is 3.21. The minimum Gasteiger partial charge on any atom is -0.465 e. The van der Waals surface area contributed by atoms with Crippen molar-refractivity contribution in [1.29, 1.82) is 0 Å². The van der Waals surface area contributed by atoms with Crippen LogP contribution in [0.3, 0.4) is 0 Å². The number of carbonyl (C=O) groups is 1. The number of likely N-dealkylation sites (tertiary alicyclic amines) is 1. The SMILES string of the molecule is Nc1cc(F)c(Br)cc1NC1CN(C(=O)O)C1. The van der Waals surface area contributed by atoms with E-state index in [0.717, 1.165) is 0 Å². The highest BCUT2D eigenvalue weighted by Crippen LogP contribution is 2.28. The van der Waals surface area contributed by atoms with Crippen molar-refractivity contribution in [2.75, 3.05) is 24.1 Å². The number of anilines is 2. The molecule has 7 heteroatoms. The Balaban J connectivity index is 2.01. The number of amides is 1. The van der Waals surface area contributed by atoms with Gasteiger partial charge in [0, 0.05) is 19.2 Å². The standard InChI is InChI=1S/C10H11BrFN3O2/c11-6-1-9(8(13)2-7(6)12)14-5-3-15(4-5)10(16)17/h1-2,5,14H,3-4,13H2,(H,16,17). The summed E-state index contributed by atoms with van der Waals surface area (Å²) in [4.78, 5) is 11.8. The number of hydrogen-bond donors (Lipinski definition) is 3. The summed E-state index contributed by atoms with van der Waals surface area (Å²) in [5.74, 6) is -0.422. The molecule has 92 valence electrons. The topological polar surface area (TPSA) is 78.6 Å². The van der Waals surface area contributed by atoms with Crippen molar-refractivity contribution in [2.24, 2.45) is 0 Å². The Hall–Kier alpha value is -1.50. The zero-order chi connectivity index (χ0) is 12.6. The number of hydrogen-bond acceptors (Lipinski definition) is 3. The van der Waals surface area contributed by atoms with E-state index < -0.39 is 11.9 Å². The molecule has 0 bridgehead atoms. The average Bonchev–Trinajstić information content (AvgIpc) is 2.17. The smallest absolute Gasteiger partial charge is 0.407 e. The van der Waals surface area contributed by atoms with Crippen LogP contribution in [-0.4, -0.2) is 35.2 Å². The Bertz CT molecular complexity index is 463. The van der Waals surface area contributed by atoms with Gasteiger partial charge in [0.2, 0.25) is 0 Å². The minimum absolute atomic E-state index is 0.0192. The molecule has 2 rings (SSSR count). The van der Waals surface area contributed by atoms with Gasteiger partial charge in [-0.2, -0.15) is 0 Å². The lowest BCUT2D eigenvalue weighted by atomic mass is 10.1. The number of nitrogens with one attached hydrogen (secondary N) is 1. The van der Waals surface area contributed by atoms with Gasteiger partial charge in [-0.3, -0.25) is 0 Å². The van der Waals surface area contributed by atoms with Crippen molar-refractivity contribution < 1.29 is 14.3 Å². The molecule has 1 aromatic carbocycles. The average molecular weight is 304 g/mol. The van der Waals surface area contributed by atoms with E-state index in [2.05, 4.69) is 21.2 Å². The highest BCUT2D eigenvalue weighted by Gasteiger charge is 2.30. The molecule has 1 amide bonds. The van der Waals surface area contributed by atoms with Crippen molar-refractivity contribution in [1.82, 2.24) is 4.90 Å². The number of halogens is 2. The molecule has 0 saturated carbocycles. The Kier molecular flexibility index (Phi) is 3.10. The predicted octanol–water partition coefficient (Wildman–Crippen LogP) is 1.94. The molecule has 1 saturated heterocycles. The molecule has 0 spiro atoms. The van der Waals surface area contributed by atoms with Crippen molar-refractivity contribution in [2.45, 2.75) is 6.04 Å². The molecule has 0 unspecified atom stereocenters. The van der Waals surface area contributed by atoms with Gasteiger partial charge in [-0.1, -0.05) is 0 Å². The molecule has 0 aliphatic carbocycles. The largest absolute Gasteiger partial charge is 0.465 e. The first-order valence-corrected chi connectivity index (χ1v) is 5.75. The molecule has 1 fully saturated rings. The van der Waals surface area contributed by atoms with Crippen LogP contribution in [0.2, 0.25) is 0 Å². The zero-order valence-electron chi connectivity index (χ0n) is 8.78. The van der Waals surface area contributed by atoms with Crippen LogP contribution in [0, 0.1) is 5.82 Å². The molecule has 0 aromatic heterocycles. The lowest BCUT2D eigenvalue weighted by molar-refractivity contribution is 0.111. The van der Waals surface area contributed by atoms with E-state index in [-0.39, 0.29) is 6.04 Å². The zero-order valence-corrected chi connectivity index (χ0v) is 10.4. The molecule has 1 aromatic rings. The van der Waals surface area contributed by atoms with E-state index in [1.807, 2.05) is 0 Å². The van der Waals surface area contributed by atoms with Crippen LogP contribution in [0.4, 0.5) is 20.6 Å². The summed E-state index contributed by atoms with van der Waals surface area (Å²) < 4.78 is 13.4. The molecule has 5 nitrogen and oxygen atoms in total. The highest BCUT2D eigenvalue weighted by molar-refractivity contribution is 9.10. The fraction of sp³-hybridized carbons (Fsp3) is 0.300. The quantitative estimate of drug-likeness (QED) is 0.730. The van der Waals surface area contributed by atoms with Gasteiger partial charge in [-0.05, 0) is 22.0 Å². The van der Waals surface area contributed by atoms with Crippen LogP contribution in [0.1, 0.15) is 0 Å². The van der Waals surface area contributed by atoms with Crippen molar-refractivity contribution in [3.63, 3.8) is 0 Å². The maximum Gasteiger partial charge on any atom is 0.407 e. The van der Waals surface area contributed by atoms with Gasteiger partial charge in [0.15, 0.2) is 0 Å². The van der Waals surface area contributed by atoms with E-state index in [0.29, 0.717) is 28.9 Å². The van der Waals surface area contributed by atoms with Crippen LogP contribution in [0.25, 0.3) is 0 Å². The van der Waals surface area contributed by atoms with Gasteiger partial charge in [-0.25, -0.2) is 9.18 Å². The number of nitrogens with two attached hydrogens (primary N) is 1. The lowest BCUT2D eigenvalue weighted by Gasteiger charge is -2.38. The van der Waals surface area contributed by atoms with Crippen molar-refractivity contribution in [3.05, 3.63) is 22.4 Å². The van der Waals surface area contributed by atoms with Gasteiger partial charge in [0.1, 0.15) is 5.82 Å². The Morgan fingerprint density at radius 3 is 2.82 bits per heavy atom. The number of nitrogen functional groups attached to an aromatic ring is 1. The summed E-state index contributed by atoms with van der Waals surface area (Å²) in [5.41, 5.74) is 6.57. The second-order valence-corrected chi connectivity index (χ2v) is 4.74. The molecule has 0 radical (unpaired) electrons. The fourth-order valence-electron chi connectivity index (χ4n) is 1.63. The van der Waals surface area contributed by atoms with E-state index in [4.69, 9.17) is 10.8 Å². The van der Waals surface area contributed by atoms with Gasteiger partial charge < -0.3 is 21.1 Å². The molecule has 1 aliphatic heterocycles. The van der Waals surface area contributed by atoms with Gasteiger partial charge in [-0.15, -0.1) is 0 Å². The normalized spacial score (nSPS) is 15.5. The number of carboxylic acid groups (broad SMARTS) is 1. The molecular formula is C10H11BrFN3O2. The fourth-order valence-corrected chi connectivity index (χ4v) is 1.98. The first kappa shape index (κ1) is 12.0. The van der Waals surface area contributed by atoms with Crippen LogP contribution >= 0.6 is 15.9 Å². The monoisotopic (exact) mass is 303 g/mol.